The van der Waals surface area contributed by atoms with Gasteiger partial charge in [0.25, 0.3) is 0 Å². The summed E-state index contributed by atoms with van der Waals surface area (Å²) >= 11 is 0. The lowest BCUT2D eigenvalue weighted by Gasteiger charge is -2.38. The van der Waals surface area contributed by atoms with Crippen LogP contribution in [-0.2, 0) is 5.54 Å². The van der Waals surface area contributed by atoms with Crippen LogP contribution in [0.5, 0.6) is 0 Å². The Labute approximate surface area is 99.6 Å². The van der Waals surface area contributed by atoms with Gasteiger partial charge in [-0.3, -0.25) is 0 Å². The monoisotopic (exact) mass is 239 g/mol. The molecule has 7 nitrogen and oxygen atoms in total. The van der Waals surface area contributed by atoms with Crippen LogP contribution in [0.25, 0.3) is 0 Å². The first kappa shape index (κ1) is 11.8. The standard InChI is InChI=1S/C10H17N5O2/c1-14(2)9(16)15-5-3-10(11,4-6-15)8-12-7-17-13-8/h7H,3-6,11H2,1-2H3. The zero-order valence-electron chi connectivity index (χ0n) is 10.1. The van der Waals surface area contributed by atoms with Crippen molar-refractivity contribution in [2.75, 3.05) is 27.2 Å². The zero-order valence-corrected chi connectivity index (χ0v) is 10.1. The number of urea groups is 1. The van der Waals surface area contributed by atoms with E-state index in [1.54, 1.807) is 23.9 Å². The van der Waals surface area contributed by atoms with Crippen LogP contribution in [0.2, 0.25) is 0 Å². The van der Waals surface area contributed by atoms with E-state index < -0.39 is 5.54 Å². The van der Waals surface area contributed by atoms with Crippen LogP contribution < -0.4 is 5.73 Å². The Morgan fingerprint density at radius 3 is 2.65 bits per heavy atom. The average molecular weight is 239 g/mol. The van der Waals surface area contributed by atoms with Gasteiger partial charge >= 0.3 is 6.03 Å². The highest BCUT2D eigenvalue weighted by molar-refractivity contribution is 5.73. The van der Waals surface area contributed by atoms with Gasteiger partial charge < -0.3 is 20.1 Å². The lowest BCUT2D eigenvalue weighted by molar-refractivity contribution is 0.135. The van der Waals surface area contributed by atoms with Crippen molar-refractivity contribution in [2.45, 2.75) is 18.4 Å². The van der Waals surface area contributed by atoms with Crippen LogP contribution in [0, 0.1) is 0 Å². The number of carbonyl (C=O) groups is 1. The molecule has 0 radical (unpaired) electrons. The number of likely N-dealkylation sites (tertiary alicyclic amines) is 1. The molecule has 0 saturated carbocycles. The smallest absolute Gasteiger partial charge is 0.319 e. The van der Waals surface area contributed by atoms with Gasteiger partial charge in [-0.1, -0.05) is 5.16 Å². The molecule has 1 saturated heterocycles. The van der Waals surface area contributed by atoms with Crippen molar-refractivity contribution >= 4 is 6.03 Å². The maximum Gasteiger partial charge on any atom is 0.319 e. The van der Waals surface area contributed by atoms with Gasteiger partial charge in [-0.25, -0.2) is 4.79 Å². The molecule has 0 bridgehead atoms. The summed E-state index contributed by atoms with van der Waals surface area (Å²) in [7, 11) is 3.48. The molecule has 2 heterocycles. The third kappa shape index (κ3) is 2.23. The van der Waals surface area contributed by atoms with E-state index in [9.17, 15) is 4.79 Å². The molecule has 1 fully saturated rings. The van der Waals surface area contributed by atoms with Crippen LogP contribution in [0.3, 0.4) is 0 Å². The first-order chi connectivity index (χ1) is 8.03. The molecule has 1 aromatic heterocycles. The van der Waals surface area contributed by atoms with Crippen molar-refractivity contribution in [1.29, 1.82) is 0 Å². The predicted molar refractivity (Wildman–Crippen MR) is 60.1 cm³/mol. The topological polar surface area (TPSA) is 88.5 Å². The van der Waals surface area contributed by atoms with Gasteiger partial charge in [-0.2, -0.15) is 4.98 Å². The number of nitrogens with zero attached hydrogens (tertiary/aromatic N) is 4. The van der Waals surface area contributed by atoms with E-state index in [2.05, 4.69) is 10.1 Å². The van der Waals surface area contributed by atoms with Crippen LogP contribution in [0.15, 0.2) is 10.9 Å². The summed E-state index contributed by atoms with van der Waals surface area (Å²) in [6, 6.07) is 0.0140. The van der Waals surface area contributed by atoms with Crippen LogP contribution in [-0.4, -0.2) is 53.2 Å². The molecule has 0 aromatic carbocycles. The Kier molecular flexibility index (Phi) is 3.01. The fourth-order valence-corrected chi connectivity index (χ4v) is 1.99. The van der Waals surface area contributed by atoms with E-state index in [-0.39, 0.29) is 6.03 Å². The van der Waals surface area contributed by atoms with E-state index in [1.807, 2.05) is 0 Å². The van der Waals surface area contributed by atoms with Gasteiger partial charge in [0, 0.05) is 27.2 Å². The van der Waals surface area contributed by atoms with Crippen molar-refractivity contribution in [3.8, 4) is 0 Å². The molecule has 17 heavy (non-hydrogen) atoms. The highest BCUT2D eigenvalue weighted by Crippen LogP contribution is 2.27. The molecule has 94 valence electrons. The van der Waals surface area contributed by atoms with E-state index in [0.717, 1.165) is 0 Å². The van der Waals surface area contributed by atoms with Crippen molar-refractivity contribution in [1.82, 2.24) is 19.9 Å². The number of hydrogen-bond donors (Lipinski definition) is 1. The van der Waals surface area contributed by atoms with Crippen molar-refractivity contribution in [2.24, 2.45) is 5.73 Å². The molecule has 1 aliphatic rings. The Hall–Kier alpha value is -1.63. The Morgan fingerprint density at radius 1 is 1.53 bits per heavy atom. The Balaban J connectivity index is 2.01. The van der Waals surface area contributed by atoms with Crippen LogP contribution >= 0.6 is 0 Å². The molecule has 1 aromatic rings. The average Bonchev–Trinajstić information content (AvgIpc) is 2.83. The number of amides is 2. The lowest BCUT2D eigenvalue weighted by atomic mass is 9.88. The largest absolute Gasteiger partial charge is 0.343 e. The number of aromatic nitrogens is 2. The summed E-state index contributed by atoms with van der Waals surface area (Å²) in [4.78, 5) is 19.1. The van der Waals surface area contributed by atoms with E-state index in [4.69, 9.17) is 10.3 Å². The summed E-state index contributed by atoms with van der Waals surface area (Å²) in [5.74, 6) is 0.523. The number of hydrogen-bond acceptors (Lipinski definition) is 5. The van der Waals surface area contributed by atoms with Gasteiger partial charge in [0.1, 0.15) is 0 Å². The predicted octanol–water partition coefficient (Wildman–Crippen LogP) is 0.00100. The summed E-state index contributed by atoms with van der Waals surface area (Å²) in [5.41, 5.74) is 5.65. The SMILES string of the molecule is CN(C)C(=O)N1CCC(N)(c2ncon2)CC1. The zero-order chi connectivity index (χ0) is 12.5. The van der Waals surface area contributed by atoms with Crippen molar-refractivity contribution in [3.63, 3.8) is 0 Å². The second-order valence-corrected chi connectivity index (χ2v) is 4.58. The second-order valence-electron chi connectivity index (χ2n) is 4.58. The molecule has 0 atom stereocenters. The molecular weight excluding hydrogens is 222 g/mol. The lowest BCUT2D eigenvalue weighted by Crippen LogP contribution is -2.52. The maximum absolute atomic E-state index is 11.8. The van der Waals surface area contributed by atoms with Gasteiger partial charge in [-0.15, -0.1) is 0 Å². The first-order valence-electron chi connectivity index (χ1n) is 5.55. The maximum atomic E-state index is 11.8. The summed E-state index contributed by atoms with van der Waals surface area (Å²) < 4.78 is 4.72. The van der Waals surface area contributed by atoms with Crippen molar-refractivity contribution in [3.05, 3.63) is 12.2 Å². The molecule has 2 amide bonds. The van der Waals surface area contributed by atoms with Gasteiger partial charge in [0.15, 0.2) is 5.82 Å². The minimum absolute atomic E-state index is 0.0140. The third-order valence-corrected chi connectivity index (χ3v) is 3.12. The minimum Gasteiger partial charge on any atom is -0.343 e. The highest BCUT2D eigenvalue weighted by Gasteiger charge is 2.37. The number of nitrogens with two attached hydrogens (primary N) is 1. The van der Waals surface area contributed by atoms with Gasteiger partial charge in [-0.05, 0) is 12.8 Å². The Morgan fingerprint density at radius 2 is 2.18 bits per heavy atom. The minimum atomic E-state index is -0.573. The van der Waals surface area contributed by atoms with Crippen LogP contribution in [0.1, 0.15) is 18.7 Å². The molecule has 0 unspecified atom stereocenters. The first-order valence-corrected chi connectivity index (χ1v) is 5.55. The van der Waals surface area contributed by atoms with Crippen LogP contribution in [0.4, 0.5) is 4.79 Å². The molecule has 0 spiro atoms. The molecule has 7 heteroatoms. The van der Waals surface area contributed by atoms with E-state index in [1.165, 1.54) is 6.39 Å². The molecule has 2 rings (SSSR count). The normalized spacial score (nSPS) is 19.1. The highest BCUT2D eigenvalue weighted by atomic mass is 16.5. The van der Waals surface area contributed by atoms with E-state index in [0.29, 0.717) is 31.8 Å². The second kappa shape index (κ2) is 4.33. The summed E-state index contributed by atoms with van der Waals surface area (Å²) in [6.45, 7) is 1.23. The molecular formula is C10H17N5O2. The quantitative estimate of drug-likeness (QED) is 0.745. The van der Waals surface area contributed by atoms with E-state index >= 15 is 0 Å². The van der Waals surface area contributed by atoms with Gasteiger partial charge in [0.05, 0.1) is 5.54 Å². The fraction of sp³-hybridized carbons (Fsp3) is 0.700. The summed E-state index contributed by atoms with van der Waals surface area (Å²) in [6.07, 6.45) is 2.57. The van der Waals surface area contributed by atoms with Gasteiger partial charge in [0.2, 0.25) is 6.39 Å². The Bertz CT molecular complexity index is 381. The fourth-order valence-electron chi connectivity index (χ4n) is 1.99. The molecule has 1 aliphatic heterocycles. The number of carbonyl (C=O) groups excluding carboxylic acids is 1. The van der Waals surface area contributed by atoms with Crippen molar-refractivity contribution < 1.29 is 9.32 Å². The number of rotatable bonds is 1. The third-order valence-electron chi connectivity index (χ3n) is 3.12. The molecule has 2 N–H and O–H groups in total. The summed E-state index contributed by atoms with van der Waals surface area (Å²) in [5, 5.41) is 3.79. The molecule has 0 aliphatic carbocycles. The number of piperidine rings is 1.